The molecule has 0 aliphatic heterocycles. The molecule has 2 N–H and O–H groups in total. The predicted octanol–water partition coefficient (Wildman–Crippen LogP) is 2.84. The minimum Gasteiger partial charge on any atom is -0.326 e. The van der Waals surface area contributed by atoms with E-state index < -0.39 is 18.5 Å². The van der Waals surface area contributed by atoms with E-state index in [0.717, 1.165) is 10.5 Å². The van der Waals surface area contributed by atoms with E-state index in [4.69, 9.17) is 5.73 Å². The molecule has 1 aromatic rings. The number of carbonyl (C=O) groups is 1. The normalized spacial score (nSPS) is 11.4. The molecule has 0 aliphatic rings. The molecule has 0 aromatic heterocycles. The summed E-state index contributed by atoms with van der Waals surface area (Å²) in [7, 11) is 0. The lowest BCUT2D eigenvalue weighted by Crippen LogP contribution is -2.34. The van der Waals surface area contributed by atoms with E-state index in [1.165, 1.54) is 0 Å². The minimum absolute atomic E-state index is 0.261. The molecule has 3 nitrogen and oxygen atoms in total. The van der Waals surface area contributed by atoms with Crippen LogP contribution >= 0.6 is 0 Å². The molecule has 0 saturated heterocycles. The summed E-state index contributed by atoms with van der Waals surface area (Å²) in [4.78, 5) is 12.8. The van der Waals surface area contributed by atoms with Crippen LogP contribution in [0.4, 0.5) is 18.9 Å². The molecule has 0 fully saturated rings. The zero-order valence-electron chi connectivity index (χ0n) is 10.7. The molecule has 0 spiro atoms. The first-order valence-corrected chi connectivity index (χ1v) is 6.03. The van der Waals surface area contributed by atoms with Crippen molar-refractivity contribution in [3.8, 4) is 0 Å². The Bertz CT molecular complexity index is 415. The number of halogens is 3. The Labute approximate surface area is 110 Å². The largest absolute Gasteiger partial charge is 0.397 e. The van der Waals surface area contributed by atoms with Gasteiger partial charge in [0, 0.05) is 18.8 Å². The molecule has 0 heterocycles. The van der Waals surface area contributed by atoms with Crippen molar-refractivity contribution in [2.24, 2.45) is 5.73 Å². The van der Waals surface area contributed by atoms with Gasteiger partial charge in [0.1, 0.15) is 6.42 Å². The Morgan fingerprint density at radius 2 is 1.84 bits per heavy atom. The van der Waals surface area contributed by atoms with Crippen LogP contribution in [-0.4, -0.2) is 18.6 Å². The van der Waals surface area contributed by atoms with Crippen molar-refractivity contribution in [1.82, 2.24) is 0 Å². The fraction of sp³-hybridized carbons (Fsp3) is 0.462. The maximum absolute atomic E-state index is 12.3. The predicted molar refractivity (Wildman–Crippen MR) is 67.6 cm³/mol. The van der Waals surface area contributed by atoms with Gasteiger partial charge in [-0.2, -0.15) is 13.2 Å². The zero-order valence-corrected chi connectivity index (χ0v) is 10.7. The molecule has 0 bridgehead atoms. The van der Waals surface area contributed by atoms with Crippen LogP contribution < -0.4 is 10.6 Å². The van der Waals surface area contributed by atoms with Crippen LogP contribution in [0.25, 0.3) is 0 Å². The quantitative estimate of drug-likeness (QED) is 0.897. The summed E-state index contributed by atoms with van der Waals surface area (Å²) in [5.74, 6) is -0.935. The van der Waals surface area contributed by atoms with Gasteiger partial charge in [0.15, 0.2) is 0 Å². The van der Waals surface area contributed by atoms with Gasteiger partial charge < -0.3 is 10.6 Å². The molecule has 6 heteroatoms. The minimum atomic E-state index is -4.49. The van der Waals surface area contributed by atoms with Crippen LogP contribution in [0.15, 0.2) is 24.3 Å². The Hall–Kier alpha value is -1.56. The molecule has 19 heavy (non-hydrogen) atoms. The van der Waals surface area contributed by atoms with E-state index in [9.17, 15) is 18.0 Å². The van der Waals surface area contributed by atoms with Gasteiger partial charge in [0.2, 0.25) is 5.91 Å². The van der Waals surface area contributed by atoms with Gasteiger partial charge in [-0.15, -0.1) is 0 Å². The van der Waals surface area contributed by atoms with E-state index >= 15 is 0 Å². The summed E-state index contributed by atoms with van der Waals surface area (Å²) < 4.78 is 36.8. The molecule has 1 aromatic carbocycles. The summed E-state index contributed by atoms with van der Waals surface area (Å²) in [5.41, 5.74) is 6.78. The van der Waals surface area contributed by atoms with Crippen molar-refractivity contribution in [1.29, 1.82) is 0 Å². The molecule has 0 atom stereocenters. The summed E-state index contributed by atoms with van der Waals surface area (Å²) in [6.07, 6.45) is -5.34. The monoisotopic (exact) mass is 274 g/mol. The van der Waals surface area contributed by atoms with E-state index in [0.29, 0.717) is 18.7 Å². The lowest BCUT2D eigenvalue weighted by atomic mass is 10.2. The third-order valence-electron chi connectivity index (χ3n) is 2.58. The maximum Gasteiger partial charge on any atom is 0.397 e. The van der Waals surface area contributed by atoms with E-state index in [-0.39, 0.29) is 6.54 Å². The van der Waals surface area contributed by atoms with Crippen LogP contribution in [-0.2, 0) is 11.3 Å². The maximum atomic E-state index is 12.3. The summed E-state index contributed by atoms with van der Waals surface area (Å²) in [6.45, 7) is 2.42. The number of carbonyl (C=O) groups excluding carboxylic acids is 1. The number of alkyl halides is 3. The Balaban J connectivity index is 2.89. The van der Waals surface area contributed by atoms with Gasteiger partial charge in [-0.05, 0) is 24.1 Å². The van der Waals surface area contributed by atoms with Gasteiger partial charge in [0.05, 0.1) is 0 Å². The van der Waals surface area contributed by atoms with Gasteiger partial charge in [-0.3, -0.25) is 4.79 Å². The highest BCUT2D eigenvalue weighted by molar-refractivity contribution is 5.93. The van der Waals surface area contributed by atoms with Crippen LogP contribution in [0.1, 0.15) is 25.3 Å². The van der Waals surface area contributed by atoms with Crippen molar-refractivity contribution in [2.45, 2.75) is 32.5 Å². The van der Waals surface area contributed by atoms with Gasteiger partial charge in [-0.25, -0.2) is 0 Å². The summed E-state index contributed by atoms with van der Waals surface area (Å²) >= 11 is 0. The Morgan fingerprint density at radius 3 is 2.26 bits per heavy atom. The number of amides is 1. The molecule has 1 rings (SSSR count). The van der Waals surface area contributed by atoms with E-state index in [2.05, 4.69) is 0 Å². The molecule has 0 radical (unpaired) electrons. The number of hydrogen-bond acceptors (Lipinski definition) is 2. The first-order chi connectivity index (χ1) is 8.87. The molecule has 106 valence electrons. The standard InChI is InChI=1S/C13H17F3N2O/c1-2-7-18(12(19)8-13(14,15)16)11-5-3-10(9-17)4-6-11/h3-6H,2,7-9,17H2,1H3. The van der Waals surface area contributed by atoms with Crippen LogP contribution in [0.5, 0.6) is 0 Å². The number of anilines is 1. The van der Waals surface area contributed by atoms with E-state index in [1.54, 1.807) is 24.3 Å². The third kappa shape index (κ3) is 4.90. The number of nitrogens with two attached hydrogens (primary N) is 1. The molecule has 1 amide bonds. The number of hydrogen-bond donors (Lipinski definition) is 1. The van der Waals surface area contributed by atoms with Crippen molar-refractivity contribution in [3.05, 3.63) is 29.8 Å². The average Bonchev–Trinajstić information content (AvgIpc) is 2.34. The van der Waals surface area contributed by atoms with Crippen LogP contribution in [0, 0.1) is 0 Å². The second-order valence-corrected chi connectivity index (χ2v) is 4.21. The van der Waals surface area contributed by atoms with Gasteiger partial charge in [0.25, 0.3) is 0 Å². The van der Waals surface area contributed by atoms with Gasteiger partial charge >= 0.3 is 6.18 Å². The first-order valence-electron chi connectivity index (χ1n) is 6.03. The molecular formula is C13H17F3N2O. The molecular weight excluding hydrogens is 257 g/mol. The summed E-state index contributed by atoms with van der Waals surface area (Å²) in [6, 6.07) is 6.65. The van der Waals surface area contributed by atoms with Crippen molar-refractivity contribution in [3.63, 3.8) is 0 Å². The van der Waals surface area contributed by atoms with Crippen molar-refractivity contribution in [2.75, 3.05) is 11.4 Å². The number of benzene rings is 1. The van der Waals surface area contributed by atoms with Crippen molar-refractivity contribution < 1.29 is 18.0 Å². The Kier molecular flexibility index (Phi) is 5.35. The zero-order chi connectivity index (χ0) is 14.5. The van der Waals surface area contributed by atoms with E-state index in [1.807, 2.05) is 6.92 Å². The summed E-state index contributed by atoms with van der Waals surface area (Å²) in [5, 5.41) is 0. The second kappa shape index (κ2) is 6.56. The highest BCUT2D eigenvalue weighted by Crippen LogP contribution is 2.24. The second-order valence-electron chi connectivity index (χ2n) is 4.21. The Morgan fingerprint density at radius 1 is 1.26 bits per heavy atom. The smallest absolute Gasteiger partial charge is 0.326 e. The molecule has 0 unspecified atom stereocenters. The SMILES string of the molecule is CCCN(C(=O)CC(F)(F)F)c1ccc(CN)cc1. The molecule has 0 aliphatic carbocycles. The highest BCUT2D eigenvalue weighted by atomic mass is 19.4. The third-order valence-corrected chi connectivity index (χ3v) is 2.58. The fourth-order valence-electron chi connectivity index (χ4n) is 1.70. The van der Waals surface area contributed by atoms with Crippen molar-refractivity contribution >= 4 is 11.6 Å². The lowest BCUT2D eigenvalue weighted by Gasteiger charge is -2.23. The van der Waals surface area contributed by atoms with Crippen LogP contribution in [0.2, 0.25) is 0 Å². The average molecular weight is 274 g/mol. The van der Waals surface area contributed by atoms with Gasteiger partial charge in [-0.1, -0.05) is 19.1 Å². The highest BCUT2D eigenvalue weighted by Gasteiger charge is 2.33. The topological polar surface area (TPSA) is 46.3 Å². The fourth-order valence-corrected chi connectivity index (χ4v) is 1.70. The lowest BCUT2D eigenvalue weighted by molar-refractivity contribution is -0.151. The first kappa shape index (κ1) is 15.5. The number of rotatable bonds is 5. The van der Waals surface area contributed by atoms with Crippen LogP contribution in [0.3, 0.4) is 0 Å². The molecule has 0 saturated carbocycles. The number of nitrogens with zero attached hydrogens (tertiary/aromatic N) is 1.